The van der Waals surface area contributed by atoms with E-state index in [0.717, 1.165) is 11.3 Å². The lowest BCUT2D eigenvalue weighted by Gasteiger charge is -2.21. The van der Waals surface area contributed by atoms with Gasteiger partial charge in [-0.1, -0.05) is 34.9 Å². The molecule has 1 atom stereocenters. The lowest BCUT2D eigenvalue weighted by molar-refractivity contribution is -0.123. The van der Waals surface area contributed by atoms with Crippen LogP contribution < -0.4 is 4.90 Å². The molecule has 0 spiro atoms. The van der Waals surface area contributed by atoms with E-state index in [1.165, 1.54) is 5.54 Å². The monoisotopic (exact) mass is 276 g/mol. The fraction of sp³-hybridized carbons (Fsp3) is 0.308. The summed E-state index contributed by atoms with van der Waals surface area (Å²) in [5.41, 5.74) is 10.6. The van der Waals surface area contributed by atoms with Crippen molar-refractivity contribution in [3.05, 3.63) is 51.9 Å². The summed E-state index contributed by atoms with van der Waals surface area (Å²) in [6.45, 7) is 2.25. The van der Waals surface area contributed by atoms with Gasteiger partial charge in [-0.05, 0) is 30.2 Å². The number of nitrogens with zero attached hydrogens (tertiary/aromatic N) is 4. The molecule has 1 heterocycles. The highest BCUT2D eigenvalue weighted by Gasteiger charge is 2.46. The Balaban J connectivity index is 2.38. The largest absolute Gasteiger partial charge is 0.308 e. The Labute approximate surface area is 116 Å². The molecule has 6 heteroatoms. The molecule has 2 rings (SSSR count). The number of hydrogen-bond acceptors (Lipinski definition) is 2. The van der Waals surface area contributed by atoms with Crippen LogP contribution in [0.15, 0.2) is 46.6 Å². The van der Waals surface area contributed by atoms with Crippen molar-refractivity contribution in [3.63, 3.8) is 0 Å². The molecule has 0 saturated carbocycles. The summed E-state index contributed by atoms with van der Waals surface area (Å²) >= 11 is 5.81. The van der Waals surface area contributed by atoms with Crippen molar-refractivity contribution in [2.45, 2.75) is 6.92 Å². The number of amides is 1. The SMILES string of the molecule is CC1(CN=[N+]=[N-])C(=O)N(c2ccccc2)CC1=CCl. The molecule has 1 saturated heterocycles. The van der Waals surface area contributed by atoms with Crippen LogP contribution in [0.25, 0.3) is 10.4 Å². The minimum absolute atomic E-state index is 0.0736. The zero-order valence-electron chi connectivity index (χ0n) is 10.5. The molecule has 1 aromatic rings. The van der Waals surface area contributed by atoms with Gasteiger partial charge < -0.3 is 4.90 Å². The highest BCUT2D eigenvalue weighted by molar-refractivity contribution is 6.26. The summed E-state index contributed by atoms with van der Waals surface area (Å²) in [4.78, 5) is 16.9. The quantitative estimate of drug-likeness (QED) is 0.473. The van der Waals surface area contributed by atoms with Crippen molar-refractivity contribution in [2.24, 2.45) is 10.5 Å². The van der Waals surface area contributed by atoms with Gasteiger partial charge in [0.2, 0.25) is 5.91 Å². The van der Waals surface area contributed by atoms with Gasteiger partial charge in [-0.3, -0.25) is 4.79 Å². The van der Waals surface area contributed by atoms with Gasteiger partial charge in [0.1, 0.15) is 0 Å². The third kappa shape index (κ3) is 2.30. The maximum Gasteiger partial charge on any atom is 0.237 e. The number of hydrogen-bond donors (Lipinski definition) is 0. The van der Waals surface area contributed by atoms with Crippen molar-refractivity contribution in [1.82, 2.24) is 0 Å². The van der Waals surface area contributed by atoms with Crippen LogP contribution in [0.2, 0.25) is 0 Å². The number of carbonyl (C=O) groups is 1. The Hall–Kier alpha value is -1.97. The Morgan fingerprint density at radius 3 is 2.79 bits per heavy atom. The molecular formula is C13H13ClN4O. The summed E-state index contributed by atoms with van der Waals surface area (Å²) < 4.78 is 0. The van der Waals surface area contributed by atoms with E-state index >= 15 is 0 Å². The van der Waals surface area contributed by atoms with Crippen LogP contribution in [-0.2, 0) is 4.79 Å². The molecular weight excluding hydrogens is 264 g/mol. The van der Waals surface area contributed by atoms with Crippen LogP contribution >= 0.6 is 11.6 Å². The summed E-state index contributed by atoms with van der Waals surface area (Å²) in [5.74, 6) is -0.0991. The highest BCUT2D eigenvalue weighted by Crippen LogP contribution is 2.39. The molecule has 1 aliphatic heterocycles. The Morgan fingerprint density at radius 2 is 2.21 bits per heavy atom. The third-order valence-corrected chi connectivity index (χ3v) is 3.67. The lowest BCUT2D eigenvalue weighted by Crippen LogP contribution is -2.34. The minimum Gasteiger partial charge on any atom is -0.308 e. The average molecular weight is 277 g/mol. The van der Waals surface area contributed by atoms with Crippen LogP contribution in [0.4, 0.5) is 5.69 Å². The van der Waals surface area contributed by atoms with Crippen molar-refractivity contribution < 1.29 is 4.79 Å². The molecule has 5 nitrogen and oxygen atoms in total. The molecule has 1 amide bonds. The molecule has 19 heavy (non-hydrogen) atoms. The normalized spacial score (nSPS) is 24.6. The maximum absolute atomic E-state index is 12.5. The second-order valence-electron chi connectivity index (χ2n) is 4.58. The highest BCUT2D eigenvalue weighted by atomic mass is 35.5. The summed E-state index contributed by atoms with van der Waals surface area (Å²) in [6, 6.07) is 9.36. The smallest absolute Gasteiger partial charge is 0.237 e. The van der Waals surface area contributed by atoms with Gasteiger partial charge >= 0.3 is 0 Å². The Bertz CT molecular complexity index is 565. The van der Waals surface area contributed by atoms with E-state index < -0.39 is 5.41 Å². The molecule has 0 aliphatic carbocycles. The van der Waals surface area contributed by atoms with Crippen LogP contribution in [0.1, 0.15) is 6.92 Å². The number of anilines is 1. The summed E-state index contributed by atoms with van der Waals surface area (Å²) in [5, 5.41) is 3.54. The van der Waals surface area contributed by atoms with E-state index in [-0.39, 0.29) is 12.5 Å². The van der Waals surface area contributed by atoms with E-state index in [4.69, 9.17) is 17.1 Å². The molecule has 1 fully saturated rings. The second-order valence-corrected chi connectivity index (χ2v) is 4.80. The molecule has 0 aromatic heterocycles. The first kappa shape index (κ1) is 13.5. The van der Waals surface area contributed by atoms with Crippen molar-refractivity contribution >= 4 is 23.2 Å². The van der Waals surface area contributed by atoms with E-state index in [0.29, 0.717) is 6.54 Å². The van der Waals surface area contributed by atoms with E-state index in [1.807, 2.05) is 30.3 Å². The maximum atomic E-state index is 12.5. The zero-order chi connectivity index (χ0) is 13.9. The second kappa shape index (κ2) is 5.34. The molecule has 0 radical (unpaired) electrons. The van der Waals surface area contributed by atoms with Gasteiger partial charge in [0, 0.05) is 29.2 Å². The van der Waals surface area contributed by atoms with Crippen LogP contribution in [-0.4, -0.2) is 19.0 Å². The standard InChI is InChI=1S/C13H13ClN4O/c1-13(9-16-17-15)10(7-14)8-18(12(13)19)11-5-3-2-4-6-11/h2-7H,8-9H2,1H3. The fourth-order valence-electron chi connectivity index (χ4n) is 2.17. The third-order valence-electron chi connectivity index (χ3n) is 3.40. The Morgan fingerprint density at radius 1 is 1.53 bits per heavy atom. The van der Waals surface area contributed by atoms with Gasteiger partial charge in [-0.15, -0.1) is 0 Å². The predicted molar refractivity (Wildman–Crippen MR) is 74.9 cm³/mol. The lowest BCUT2D eigenvalue weighted by atomic mass is 9.85. The summed E-state index contributed by atoms with van der Waals surface area (Å²) in [6.07, 6.45) is 0. The zero-order valence-corrected chi connectivity index (χ0v) is 11.2. The average Bonchev–Trinajstić information content (AvgIpc) is 2.70. The van der Waals surface area contributed by atoms with Gasteiger partial charge in [0.05, 0.1) is 5.41 Å². The number of carbonyl (C=O) groups excluding carboxylic acids is 1. The number of benzene rings is 1. The minimum atomic E-state index is -0.857. The number of para-hydroxylation sites is 1. The first-order valence-electron chi connectivity index (χ1n) is 5.81. The van der Waals surface area contributed by atoms with Crippen LogP contribution in [0, 0.1) is 5.41 Å². The molecule has 0 N–H and O–H groups in total. The molecule has 1 aliphatic rings. The van der Waals surface area contributed by atoms with Gasteiger partial charge in [0.25, 0.3) is 0 Å². The molecule has 0 bridgehead atoms. The van der Waals surface area contributed by atoms with Crippen LogP contribution in [0.5, 0.6) is 0 Å². The van der Waals surface area contributed by atoms with Gasteiger partial charge in [0.15, 0.2) is 0 Å². The van der Waals surface area contributed by atoms with E-state index in [9.17, 15) is 4.79 Å². The predicted octanol–water partition coefficient (Wildman–Crippen LogP) is 3.47. The molecule has 1 aromatic carbocycles. The number of azide groups is 1. The topological polar surface area (TPSA) is 69.1 Å². The molecule has 98 valence electrons. The number of rotatable bonds is 3. The van der Waals surface area contributed by atoms with Crippen molar-refractivity contribution in [2.75, 3.05) is 18.0 Å². The first-order valence-corrected chi connectivity index (χ1v) is 6.24. The number of halogens is 1. The molecule has 1 unspecified atom stereocenters. The van der Waals surface area contributed by atoms with Gasteiger partial charge in [-0.2, -0.15) is 0 Å². The Kier molecular flexibility index (Phi) is 3.79. The first-order chi connectivity index (χ1) is 9.13. The van der Waals surface area contributed by atoms with E-state index in [1.54, 1.807) is 11.8 Å². The van der Waals surface area contributed by atoms with Crippen molar-refractivity contribution in [3.8, 4) is 0 Å². The van der Waals surface area contributed by atoms with Crippen LogP contribution in [0.3, 0.4) is 0 Å². The fourth-order valence-corrected chi connectivity index (χ4v) is 2.48. The van der Waals surface area contributed by atoms with Crippen molar-refractivity contribution in [1.29, 1.82) is 0 Å². The van der Waals surface area contributed by atoms with E-state index in [2.05, 4.69) is 10.0 Å². The summed E-state index contributed by atoms with van der Waals surface area (Å²) in [7, 11) is 0. The van der Waals surface area contributed by atoms with Gasteiger partial charge in [-0.25, -0.2) is 0 Å².